The van der Waals surface area contributed by atoms with Crippen molar-refractivity contribution in [1.82, 2.24) is 5.32 Å². The van der Waals surface area contributed by atoms with E-state index < -0.39 is 0 Å². The van der Waals surface area contributed by atoms with E-state index in [-0.39, 0.29) is 5.82 Å². The van der Waals surface area contributed by atoms with Gasteiger partial charge in [-0.15, -0.1) is 0 Å². The van der Waals surface area contributed by atoms with Gasteiger partial charge in [0.05, 0.1) is 13.2 Å². The average Bonchev–Trinajstić information content (AvgIpc) is 2.30. The number of rotatable bonds is 7. The molecule has 0 saturated carbocycles. The molecular formula is C14H22FNO. The van der Waals surface area contributed by atoms with E-state index in [1.54, 1.807) is 12.1 Å². The van der Waals surface area contributed by atoms with Crippen LogP contribution < -0.4 is 5.32 Å². The fourth-order valence-corrected chi connectivity index (χ4v) is 1.74. The number of likely N-dealkylation sites (N-methyl/N-ethyl adjacent to an activating group) is 1. The maximum atomic E-state index is 12.7. The van der Waals surface area contributed by atoms with Crippen molar-refractivity contribution in [2.24, 2.45) is 5.92 Å². The summed E-state index contributed by atoms with van der Waals surface area (Å²) in [4.78, 5) is 0. The molecule has 0 radical (unpaired) electrons. The molecule has 96 valence electrons. The molecular weight excluding hydrogens is 217 g/mol. The fourth-order valence-electron chi connectivity index (χ4n) is 1.74. The van der Waals surface area contributed by atoms with Crippen LogP contribution in [0, 0.1) is 11.7 Å². The van der Waals surface area contributed by atoms with Crippen molar-refractivity contribution in [3.8, 4) is 0 Å². The maximum absolute atomic E-state index is 12.7. The summed E-state index contributed by atoms with van der Waals surface area (Å²) in [5.74, 6) is 0.448. The Morgan fingerprint density at radius 1 is 1.24 bits per heavy atom. The minimum atomic E-state index is -0.207. The van der Waals surface area contributed by atoms with Crippen molar-refractivity contribution < 1.29 is 9.13 Å². The molecule has 0 amide bonds. The maximum Gasteiger partial charge on any atom is 0.123 e. The summed E-state index contributed by atoms with van der Waals surface area (Å²) in [6, 6.07) is 6.82. The molecule has 1 aromatic carbocycles. The summed E-state index contributed by atoms with van der Waals surface area (Å²) in [6.45, 7) is 5.62. The molecule has 1 rings (SSSR count). The summed E-state index contributed by atoms with van der Waals surface area (Å²) >= 11 is 0. The highest BCUT2D eigenvalue weighted by molar-refractivity contribution is 5.14. The van der Waals surface area contributed by atoms with Crippen molar-refractivity contribution in [2.75, 3.05) is 13.7 Å². The summed E-state index contributed by atoms with van der Waals surface area (Å²) < 4.78 is 18.3. The molecule has 0 saturated heterocycles. The zero-order chi connectivity index (χ0) is 12.7. The third-order valence-electron chi connectivity index (χ3n) is 2.67. The smallest absolute Gasteiger partial charge is 0.123 e. The van der Waals surface area contributed by atoms with Crippen molar-refractivity contribution in [1.29, 1.82) is 0 Å². The lowest BCUT2D eigenvalue weighted by Gasteiger charge is -2.18. The summed E-state index contributed by atoms with van der Waals surface area (Å²) in [6.07, 6.45) is 1.10. The highest BCUT2D eigenvalue weighted by Crippen LogP contribution is 2.07. The Labute approximate surface area is 103 Å². The van der Waals surface area contributed by atoms with Gasteiger partial charge in [0.1, 0.15) is 5.82 Å². The fraction of sp³-hybridized carbons (Fsp3) is 0.571. The van der Waals surface area contributed by atoms with E-state index in [9.17, 15) is 4.39 Å². The third kappa shape index (κ3) is 5.80. The van der Waals surface area contributed by atoms with Gasteiger partial charge < -0.3 is 10.1 Å². The second-order valence-corrected chi connectivity index (χ2v) is 4.76. The Kier molecular flexibility index (Phi) is 6.16. The van der Waals surface area contributed by atoms with Crippen LogP contribution in [0.3, 0.4) is 0 Å². The summed E-state index contributed by atoms with van der Waals surface area (Å²) in [7, 11) is 1.95. The number of hydrogen-bond acceptors (Lipinski definition) is 2. The van der Waals surface area contributed by atoms with Crippen LogP contribution in [0.25, 0.3) is 0 Å². The first-order valence-corrected chi connectivity index (χ1v) is 6.11. The van der Waals surface area contributed by atoms with E-state index in [1.165, 1.54) is 12.1 Å². The number of benzene rings is 1. The van der Waals surface area contributed by atoms with Crippen LogP contribution in [-0.4, -0.2) is 19.7 Å². The standard InChI is InChI=1S/C14H22FNO/c1-11(2)8-14(16-3)10-17-9-12-4-6-13(15)7-5-12/h4-7,11,14,16H,8-10H2,1-3H3/t14-/m1/s1. The lowest BCUT2D eigenvalue weighted by atomic mass is 10.0. The van der Waals surface area contributed by atoms with Crippen LogP contribution in [0.5, 0.6) is 0 Å². The topological polar surface area (TPSA) is 21.3 Å². The molecule has 0 unspecified atom stereocenters. The number of ether oxygens (including phenoxy) is 1. The predicted molar refractivity (Wildman–Crippen MR) is 68.4 cm³/mol. The van der Waals surface area contributed by atoms with Gasteiger partial charge in [-0.2, -0.15) is 0 Å². The van der Waals surface area contributed by atoms with Gasteiger partial charge in [-0.3, -0.25) is 0 Å². The van der Waals surface area contributed by atoms with Crippen molar-refractivity contribution in [3.63, 3.8) is 0 Å². The Morgan fingerprint density at radius 3 is 2.41 bits per heavy atom. The van der Waals surface area contributed by atoms with Gasteiger partial charge in [-0.05, 0) is 37.1 Å². The van der Waals surface area contributed by atoms with Crippen molar-refractivity contribution in [3.05, 3.63) is 35.6 Å². The van der Waals surface area contributed by atoms with E-state index in [0.29, 0.717) is 25.2 Å². The van der Waals surface area contributed by atoms with E-state index in [1.807, 2.05) is 7.05 Å². The molecule has 1 N–H and O–H groups in total. The largest absolute Gasteiger partial charge is 0.375 e. The van der Waals surface area contributed by atoms with E-state index in [0.717, 1.165) is 12.0 Å². The second kappa shape index (κ2) is 7.41. The first-order chi connectivity index (χ1) is 8.11. The van der Waals surface area contributed by atoms with Gasteiger partial charge in [0.15, 0.2) is 0 Å². The molecule has 0 aliphatic heterocycles. The minimum absolute atomic E-state index is 0.207. The number of hydrogen-bond donors (Lipinski definition) is 1. The molecule has 0 aromatic heterocycles. The minimum Gasteiger partial charge on any atom is -0.375 e. The number of nitrogens with one attached hydrogen (secondary N) is 1. The van der Waals surface area contributed by atoms with Gasteiger partial charge in [0, 0.05) is 6.04 Å². The molecule has 0 heterocycles. The molecule has 3 heteroatoms. The molecule has 0 aliphatic carbocycles. The Bertz CT molecular complexity index is 311. The molecule has 1 atom stereocenters. The monoisotopic (exact) mass is 239 g/mol. The lowest BCUT2D eigenvalue weighted by molar-refractivity contribution is 0.0949. The normalized spacial score (nSPS) is 13.0. The first-order valence-electron chi connectivity index (χ1n) is 6.11. The SMILES string of the molecule is CN[C@@H](COCc1ccc(F)cc1)CC(C)C. The summed E-state index contributed by atoms with van der Waals surface area (Å²) in [5.41, 5.74) is 1.01. The van der Waals surface area contributed by atoms with Crippen LogP contribution in [0.15, 0.2) is 24.3 Å². The Hall–Kier alpha value is -0.930. The van der Waals surface area contributed by atoms with Gasteiger partial charge >= 0.3 is 0 Å². The lowest BCUT2D eigenvalue weighted by Crippen LogP contribution is -2.31. The van der Waals surface area contributed by atoms with Crippen molar-refractivity contribution in [2.45, 2.75) is 32.9 Å². The quantitative estimate of drug-likeness (QED) is 0.790. The van der Waals surface area contributed by atoms with Crippen LogP contribution in [0.4, 0.5) is 4.39 Å². The zero-order valence-corrected chi connectivity index (χ0v) is 10.9. The number of halogens is 1. The third-order valence-corrected chi connectivity index (χ3v) is 2.67. The van der Waals surface area contributed by atoms with Crippen LogP contribution in [-0.2, 0) is 11.3 Å². The van der Waals surface area contributed by atoms with Crippen molar-refractivity contribution >= 4 is 0 Å². The molecule has 2 nitrogen and oxygen atoms in total. The first kappa shape index (κ1) is 14.1. The molecule has 17 heavy (non-hydrogen) atoms. The Morgan fingerprint density at radius 2 is 1.88 bits per heavy atom. The predicted octanol–water partition coefficient (Wildman–Crippen LogP) is 2.98. The van der Waals surface area contributed by atoms with E-state index in [2.05, 4.69) is 19.2 Å². The molecule has 1 aromatic rings. The summed E-state index contributed by atoms with van der Waals surface area (Å²) in [5, 5.41) is 3.24. The van der Waals surface area contributed by atoms with E-state index in [4.69, 9.17) is 4.74 Å². The second-order valence-electron chi connectivity index (χ2n) is 4.76. The molecule has 0 bridgehead atoms. The van der Waals surface area contributed by atoms with Gasteiger partial charge in [0.25, 0.3) is 0 Å². The molecule has 0 spiro atoms. The average molecular weight is 239 g/mol. The van der Waals surface area contributed by atoms with Gasteiger partial charge in [0.2, 0.25) is 0 Å². The zero-order valence-electron chi connectivity index (χ0n) is 10.9. The van der Waals surface area contributed by atoms with Crippen LogP contribution >= 0.6 is 0 Å². The molecule has 0 fully saturated rings. The highest BCUT2D eigenvalue weighted by Gasteiger charge is 2.08. The van der Waals surface area contributed by atoms with Gasteiger partial charge in [-0.1, -0.05) is 26.0 Å². The van der Waals surface area contributed by atoms with E-state index >= 15 is 0 Å². The Balaban J connectivity index is 2.28. The highest BCUT2D eigenvalue weighted by atomic mass is 19.1. The van der Waals surface area contributed by atoms with Gasteiger partial charge in [-0.25, -0.2) is 4.39 Å². The molecule has 0 aliphatic rings. The van der Waals surface area contributed by atoms with Crippen LogP contribution in [0.2, 0.25) is 0 Å². The van der Waals surface area contributed by atoms with Crippen LogP contribution in [0.1, 0.15) is 25.8 Å².